The Hall–Kier alpha value is -0.900. The molecule has 0 aromatic carbocycles. The van der Waals surface area contributed by atoms with Crippen LogP contribution < -0.4 is 5.73 Å². The van der Waals surface area contributed by atoms with E-state index in [2.05, 4.69) is 0 Å². The molecule has 3 N–H and O–H groups in total. The Bertz CT molecular complexity index is 175. The van der Waals surface area contributed by atoms with Crippen molar-refractivity contribution in [1.82, 2.24) is 0 Å². The minimum Gasteiger partial charge on any atom is -0.480 e. The molecule has 0 amide bonds. The van der Waals surface area contributed by atoms with E-state index in [4.69, 9.17) is 10.8 Å². The van der Waals surface area contributed by atoms with Crippen molar-refractivity contribution in [3.05, 3.63) is 0 Å². The highest BCUT2D eigenvalue weighted by Crippen LogP contribution is 2.10. The largest absolute Gasteiger partial charge is 0.480 e. The Morgan fingerprint density at radius 3 is 2.00 bits per heavy atom. The molecule has 1 unspecified atom stereocenters. The second-order valence-electron chi connectivity index (χ2n) is 2.73. The standard InChI is InChI=1S/C8H15NO3/c1-3-5(4-2)7(10)6(9)8(11)12/h5-6H,3-4,9H2,1-2H3,(H,11,12). The van der Waals surface area contributed by atoms with Gasteiger partial charge in [0.25, 0.3) is 0 Å². The third-order valence-corrected chi connectivity index (χ3v) is 1.96. The smallest absolute Gasteiger partial charge is 0.328 e. The quantitative estimate of drug-likeness (QED) is 0.590. The summed E-state index contributed by atoms with van der Waals surface area (Å²) in [5, 5.41) is 8.45. The van der Waals surface area contributed by atoms with Crippen molar-refractivity contribution >= 4 is 11.8 Å². The van der Waals surface area contributed by atoms with E-state index in [1.165, 1.54) is 0 Å². The Labute approximate surface area is 71.8 Å². The van der Waals surface area contributed by atoms with Gasteiger partial charge in [-0.3, -0.25) is 9.59 Å². The highest BCUT2D eigenvalue weighted by molar-refractivity contribution is 6.03. The van der Waals surface area contributed by atoms with Crippen LogP contribution in [0, 0.1) is 5.92 Å². The second-order valence-corrected chi connectivity index (χ2v) is 2.73. The second kappa shape index (κ2) is 4.87. The molecule has 0 rings (SSSR count). The third kappa shape index (κ3) is 2.62. The lowest BCUT2D eigenvalue weighted by Crippen LogP contribution is -2.41. The zero-order valence-corrected chi connectivity index (χ0v) is 7.41. The molecule has 0 heterocycles. The number of rotatable bonds is 5. The van der Waals surface area contributed by atoms with Crippen molar-refractivity contribution in [2.24, 2.45) is 11.7 Å². The number of carbonyl (C=O) groups excluding carboxylic acids is 1. The van der Waals surface area contributed by atoms with Crippen molar-refractivity contribution in [1.29, 1.82) is 0 Å². The summed E-state index contributed by atoms with van der Waals surface area (Å²) in [5.41, 5.74) is 5.16. The number of nitrogens with two attached hydrogens (primary N) is 1. The fraction of sp³-hybridized carbons (Fsp3) is 0.750. The van der Waals surface area contributed by atoms with Crippen molar-refractivity contribution in [2.45, 2.75) is 32.7 Å². The first-order valence-corrected chi connectivity index (χ1v) is 4.06. The van der Waals surface area contributed by atoms with Crippen LogP contribution in [0.25, 0.3) is 0 Å². The van der Waals surface area contributed by atoms with Crippen LogP contribution in [0.3, 0.4) is 0 Å². The Kier molecular flexibility index (Phi) is 4.51. The number of Topliss-reactive ketones (excluding diaryl/α,β-unsaturated/α-hetero) is 1. The average molecular weight is 173 g/mol. The van der Waals surface area contributed by atoms with Crippen LogP contribution in [0.4, 0.5) is 0 Å². The van der Waals surface area contributed by atoms with E-state index in [0.717, 1.165) is 0 Å². The first-order chi connectivity index (χ1) is 5.54. The summed E-state index contributed by atoms with van der Waals surface area (Å²) in [6, 6.07) is -1.35. The molecule has 0 bridgehead atoms. The average Bonchev–Trinajstić information content (AvgIpc) is 2.05. The minimum absolute atomic E-state index is 0.212. The molecule has 0 aromatic heterocycles. The van der Waals surface area contributed by atoms with Gasteiger partial charge in [0.15, 0.2) is 11.8 Å². The van der Waals surface area contributed by atoms with E-state index >= 15 is 0 Å². The molecule has 0 aliphatic carbocycles. The van der Waals surface area contributed by atoms with Gasteiger partial charge in [-0.2, -0.15) is 0 Å². The molecule has 0 saturated heterocycles. The van der Waals surface area contributed by atoms with Gasteiger partial charge in [-0.05, 0) is 12.8 Å². The van der Waals surface area contributed by atoms with Crippen molar-refractivity contribution in [2.75, 3.05) is 0 Å². The molecule has 0 spiro atoms. The van der Waals surface area contributed by atoms with Crippen molar-refractivity contribution < 1.29 is 14.7 Å². The number of hydrogen-bond acceptors (Lipinski definition) is 3. The van der Waals surface area contributed by atoms with Gasteiger partial charge in [-0.1, -0.05) is 13.8 Å². The maximum Gasteiger partial charge on any atom is 0.328 e. The molecule has 0 aliphatic rings. The first-order valence-electron chi connectivity index (χ1n) is 4.06. The molecule has 0 radical (unpaired) electrons. The van der Waals surface area contributed by atoms with Crippen LogP contribution in [0.1, 0.15) is 26.7 Å². The lowest BCUT2D eigenvalue weighted by Gasteiger charge is -2.13. The van der Waals surface area contributed by atoms with Gasteiger partial charge >= 0.3 is 5.97 Å². The maximum atomic E-state index is 11.2. The molecular formula is C8H15NO3. The van der Waals surface area contributed by atoms with Gasteiger partial charge in [0.05, 0.1) is 0 Å². The van der Waals surface area contributed by atoms with Gasteiger partial charge in [0, 0.05) is 5.92 Å². The van der Waals surface area contributed by atoms with E-state index in [-0.39, 0.29) is 11.7 Å². The predicted molar refractivity (Wildman–Crippen MR) is 44.7 cm³/mol. The number of aliphatic carboxylic acids is 1. The predicted octanol–water partition coefficient (Wildman–Crippen LogP) is 0.404. The number of hydrogen-bond donors (Lipinski definition) is 2. The van der Waals surface area contributed by atoms with Crippen LogP contribution in [0.5, 0.6) is 0 Å². The zero-order chi connectivity index (χ0) is 9.72. The van der Waals surface area contributed by atoms with Crippen molar-refractivity contribution in [3.8, 4) is 0 Å². The monoisotopic (exact) mass is 173 g/mol. The molecular weight excluding hydrogens is 158 g/mol. The first kappa shape index (κ1) is 11.1. The third-order valence-electron chi connectivity index (χ3n) is 1.96. The van der Waals surface area contributed by atoms with Crippen LogP contribution in [-0.4, -0.2) is 22.9 Å². The Morgan fingerprint density at radius 2 is 1.75 bits per heavy atom. The molecule has 0 aliphatic heterocycles. The minimum atomic E-state index is -1.35. The zero-order valence-electron chi connectivity index (χ0n) is 7.41. The van der Waals surface area contributed by atoms with Gasteiger partial charge in [0.2, 0.25) is 0 Å². The summed E-state index contributed by atoms with van der Waals surface area (Å²) in [6.07, 6.45) is 1.30. The Balaban J connectivity index is 4.25. The van der Waals surface area contributed by atoms with E-state index < -0.39 is 12.0 Å². The molecule has 70 valence electrons. The fourth-order valence-corrected chi connectivity index (χ4v) is 1.07. The Morgan fingerprint density at radius 1 is 1.33 bits per heavy atom. The van der Waals surface area contributed by atoms with E-state index in [0.29, 0.717) is 12.8 Å². The summed E-state index contributed by atoms with van der Waals surface area (Å²) in [5.74, 6) is -1.82. The normalized spacial score (nSPS) is 13.0. The van der Waals surface area contributed by atoms with Crippen LogP contribution >= 0.6 is 0 Å². The molecule has 1 atom stereocenters. The van der Waals surface area contributed by atoms with Gasteiger partial charge in [-0.25, -0.2) is 0 Å². The van der Waals surface area contributed by atoms with E-state index in [9.17, 15) is 9.59 Å². The van der Waals surface area contributed by atoms with E-state index in [1.807, 2.05) is 13.8 Å². The lowest BCUT2D eigenvalue weighted by molar-refractivity contribution is -0.143. The van der Waals surface area contributed by atoms with Crippen molar-refractivity contribution in [3.63, 3.8) is 0 Å². The maximum absolute atomic E-state index is 11.2. The molecule has 0 fully saturated rings. The summed E-state index contributed by atoms with van der Waals surface area (Å²) in [7, 11) is 0. The molecule has 12 heavy (non-hydrogen) atoms. The highest BCUT2D eigenvalue weighted by Gasteiger charge is 2.26. The fourth-order valence-electron chi connectivity index (χ4n) is 1.07. The van der Waals surface area contributed by atoms with Gasteiger partial charge < -0.3 is 10.8 Å². The van der Waals surface area contributed by atoms with Crippen LogP contribution in [0.15, 0.2) is 0 Å². The number of carbonyl (C=O) groups is 2. The molecule has 0 saturated carbocycles. The summed E-state index contributed by atoms with van der Waals surface area (Å²) in [6.45, 7) is 3.70. The summed E-state index contributed by atoms with van der Waals surface area (Å²) >= 11 is 0. The lowest BCUT2D eigenvalue weighted by atomic mass is 9.94. The molecule has 4 nitrogen and oxygen atoms in total. The number of ketones is 1. The highest BCUT2D eigenvalue weighted by atomic mass is 16.4. The van der Waals surface area contributed by atoms with Crippen LogP contribution in [0.2, 0.25) is 0 Å². The molecule has 4 heteroatoms. The SMILES string of the molecule is CCC(CC)C(=O)C(N)C(=O)O. The van der Waals surface area contributed by atoms with E-state index in [1.54, 1.807) is 0 Å². The number of carboxylic acids is 1. The van der Waals surface area contributed by atoms with Crippen LogP contribution in [-0.2, 0) is 9.59 Å². The topological polar surface area (TPSA) is 80.4 Å². The summed E-state index contributed by atoms with van der Waals surface area (Å²) < 4.78 is 0. The molecule has 0 aromatic rings. The van der Waals surface area contributed by atoms with Gasteiger partial charge in [-0.15, -0.1) is 0 Å². The number of carboxylic acid groups (broad SMARTS) is 1. The van der Waals surface area contributed by atoms with Gasteiger partial charge in [0.1, 0.15) is 0 Å². The summed E-state index contributed by atoms with van der Waals surface area (Å²) in [4.78, 5) is 21.6.